The molecule has 2 aromatic carbocycles. The van der Waals surface area contributed by atoms with Gasteiger partial charge >= 0.3 is 6.09 Å². The van der Waals surface area contributed by atoms with Crippen molar-refractivity contribution in [2.24, 2.45) is 7.05 Å². The van der Waals surface area contributed by atoms with Crippen LogP contribution in [0.3, 0.4) is 0 Å². The number of alkyl carbamates (subject to hydrolysis) is 1. The van der Waals surface area contributed by atoms with E-state index in [-0.39, 0.29) is 24.2 Å². The highest BCUT2D eigenvalue weighted by Gasteiger charge is 2.33. The number of benzene rings is 2. The van der Waals surface area contributed by atoms with Crippen molar-refractivity contribution in [2.45, 2.75) is 70.7 Å². The quantitative estimate of drug-likeness (QED) is 0.144. The third-order valence-electron chi connectivity index (χ3n) is 9.12. The smallest absolute Gasteiger partial charge is 0.407 e. The highest BCUT2D eigenvalue weighted by atomic mass is 35.5. The number of carbonyl (C=O) groups excluding carboxylic acids is 1. The Hall–Kier alpha value is -4.52. The third kappa shape index (κ3) is 8.21. The number of halogens is 1. The van der Waals surface area contributed by atoms with Crippen LogP contribution in [-0.2, 0) is 31.5 Å². The lowest BCUT2D eigenvalue weighted by Gasteiger charge is -2.38. The van der Waals surface area contributed by atoms with Crippen LogP contribution in [0.1, 0.15) is 56.6 Å². The number of aromatic nitrogens is 5. The summed E-state index contributed by atoms with van der Waals surface area (Å²) >= 11 is 6.59. The lowest BCUT2D eigenvalue weighted by atomic mass is 9.91. The highest BCUT2D eigenvalue weighted by molar-refractivity contribution is 6.31. The fourth-order valence-electron chi connectivity index (χ4n) is 6.26. The zero-order chi connectivity index (χ0) is 34.4. The van der Waals surface area contributed by atoms with E-state index in [2.05, 4.69) is 32.2 Å². The van der Waals surface area contributed by atoms with Crippen molar-refractivity contribution in [2.75, 3.05) is 19.6 Å². The lowest BCUT2D eigenvalue weighted by Crippen LogP contribution is -2.47. The Bertz CT molecular complexity index is 1930. The molecule has 4 heterocycles. The molecule has 49 heavy (non-hydrogen) atoms. The van der Waals surface area contributed by atoms with Gasteiger partial charge < -0.3 is 19.6 Å². The minimum absolute atomic E-state index is 0.127. The summed E-state index contributed by atoms with van der Waals surface area (Å²) in [7, 11) is 1.78. The molecule has 1 fully saturated rings. The Labute approximate surface area is 289 Å². The van der Waals surface area contributed by atoms with Gasteiger partial charge in [0.2, 0.25) is 0 Å². The van der Waals surface area contributed by atoms with Crippen molar-refractivity contribution < 1.29 is 19.1 Å². The van der Waals surface area contributed by atoms with Gasteiger partial charge in [-0.1, -0.05) is 74.2 Å². The number of nitrogens with one attached hydrogen (secondary N) is 1. The molecule has 5 aromatic rings. The number of hydrogen-bond acceptors (Lipinski definition) is 9. The number of aryl methyl sites for hydroxylation is 1. The van der Waals surface area contributed by atoms with E-state index in [0.29, 0.717) is 61.0 Å². The van der Waals surface area contributed by atoms with E-state index in [1.165, 1.54) is 17.3 Å². The average molecular weight is 688 g/mol. The van der Waals surface area contributed by atoms with Crippen LogP contribution in [0.5, 0.6) is 0 Å². The van der Waals surface area contributed by atoms with Crippen molar-refractivity contribution in [1.29, 1.82) is 0 Å². The molecular formula is C36H42ClN7O5. The number of rotatable bonds is 13. The van der Waals surface area contributed by atoms with Crippen LogP contribution in [0, 0.1) is 0 Å². The molecule has 1 saturated heterocycles. The topological polar surface area (TPSA) is 141 Å². The number of piperidine rings is 1. The lowest BCUT2D eigenvalue weighted by molar-refractivity contribution is -0.0364. The number of likely N-dealkylation sites (tertiary alicyclic amines) is 1. The van der Waals surface area contributed by atoms with Crippen LogP contribution in [-0.4, -0.2) is 65.7 Å². The van der Waals surface area contributed by atoms with Crippen LogP contribution in [0.25, 0.3) is 33.6 Å². The first kappa shape index (κ1) is 34.3. The summed E-state index contributed by atoms with van der Waals surface area (Å²) in [6.45, 7) is 5.00. The van der Waals surface area contributed by atoms with Gasteiger partial charge in [0.15, 0.2) is 17.7 Å². The Balaban J connectivity index is 1.05. The summed E-state index contributed by atoms with van der Waals surface area (Å²) in [5.41, 5.74) is 3.61. The van der Waals surface area contributed by atoms with Crippen LogP contribution in [0.4, 0.5) is 4.79 Å². The average Bonchev–Trinajstić information content (AvgIpc) is 3.76. The van der Waals surface area contributed by atoms with Crippen LogP contribution in [0.15, 0.2) is 70.6 Å². The fraction of sp³-hybridized carbons (Fsp3) is 0.417. The first-order valence-electron chi connectivity index (χ1n) is 16.8. The van der Waals surface area contributed by atoms with Gasteiger partial charge in [-0.25, -0.2) is 14.8 Å². The first-order valence-corrected chi connectivity index (χ1v) is 17.1. The molecular weight excluding hydrogens is 646 g/mol. The summed E-state index contributed by atoms with van der Waals surface area (Å²) in [6, 6.07) is 13.4. The predicted octanol–water partition coefficient (Wildman–Crippen LogP) is 5.94. The first-order chi connectivity index (χ1) is 23.7. The fourth-order valence-corrected chi connectivity index (χ4v) is 6.50. The van der Waals surface area contributed by atoms with Crippen molar-refractivity contribution in [3.8, 4) is 22.6 Å². The van der Waals surface area contributed by atoms with Crippen LogP contribution < -0.4 is 10.9 Å². The Morgan fingerprint density at radius 3 is 2.57 bits per heavy atom. The number of aliphatic hydroxyl groups is 1. The second-order valence-corrected chi connectivity index (χ2v) is 13.2. The zero-order valence-electron chi connectivity index (χ0n) is 27.9. The molecule has 1 aliphatic rings. The molecule has 3 aromatic heterocycles. The van der Waals surface area contributed by atoms with E-state index in [0.717, 1.165) is 47.9 Å². The zero-order valence-corrected chi connectivity index (χ0v) is 28.7. The van der Waals surface area contributed by atoms with Gasteiger partial charge in [0.1, 0.15) is 12.1 Å². The molecule has 0 aliphatic carbocycles. The number of nitrogens with zero attached hydrogens (tertiary/aromatic N) is 6. The molecule has 0 bridgehead atoms. The van der Waals surface area contributed by atoms with Gasteiger partial charge in [0, 0.05) is 49.4 Å². The molecule has 0 saturated carbocycles. The number of carbonyl (C=O) groups is 1. The molecule has 13 heteroatoms. The molecule has 0 atom stereocenters. The van der Waals surface area contributed by atoms with Crippen molar-refractivity contribution in [1.82, 2.24) is 34.5 Å². The predicted molar refractivity (Wildman–Crippen MR) is 187 cm³/mol. The second-order valence-electron chi connectivity index (χ2n) is 12.8. The van der Waals surface area contributed by atoms with Gasteiger partial charge in [0.25, 0.3) is 5.56 Å². The number of amides is 1. The number of ether oxygens (including phenoxy) is 1. The van der Waals surface area contributed by atoms with Crippen molar-refractivity contribution in [3.05, 3.63) is 87.9 Å². The molecule has 1 amide bonds. The molecule has 0 unspecified atom stereocenters. The van der Waals surface area contributed by atoms with E-state index in [9.17, 15) is 14.7 Å². The normalized spacial score (nSPS) is 14.7. The third-order valence-corrected chi connectivity index (χ3v) is 9.48. The Morgan fingerprint density at radius 1 is 1.08 bits per heavy atom. The summed E-state index contributed by atoms with van der Waals surface area (Å²) in [6.07, 6.45) is 9.44. The maximum Gasteiger partial charge on any atom is 0.407 e. The van der Waals surface area contributed by atoms with E-state index >= 15 is 0 Å². The van der Waals surface area contributed by atoms with Gasteiger partial charge in [0.05, 0.1) is 30.4 Å². The van der Waals surface area contributed by atoms with Crippen LogP contribution >= 0.6 is 11.6 Å². The maximum atomic E-state index is 13.6. The Kier molecular flexibility index (Phi) is 10.8. The monoisotopic (exact) mass is 687 g/mol. The molecule has 258 valence electrons. The SMILES string of the molecule is CCCCCCNC(=O)OCc1ccc(-c2c3ncn(CC4(O)CCN(Cc5ccc(-c6cnco6)cc5Cl)CC4)c(=O)c3nn2C)cc1. The van der Waals surface area contributed by atoms with E-state index in [1.54, 1.807) is 17.9 Å². The summed E-state index contributed by atoms with van der Waals surface area (Å²) < 4.78 is 13.8. The molecule has 0 radical (unpaired) electrons. The van der Waals surface area contributed by atoms with Gasteiger partial charge in [-0.2, -0.15) is 5.10 Å². The van der Waals surface area contributed by atoms with Gasteiger partial charge in [-0.15, -0.1) is 0 Å². The number of oxazole rings is 1. The Morgan fingerprint density at radius 2 is 1.86 bits per heavy atom. The molecule has 6 rings (SSSR count). The van der Waals surface area contributed by atoms with Crippen LogP contribution in [0.2, 0.25) is 5.02 Å². The molecule has 2 N–H and O–H groups in total. The molecule has 12 nitrogen and oxygen atoms in total. The standard InChI is InChI=1S/C36H42ClN7O5/c1-3-4-5-6-15-39-35(46)48-21-25-7-9-26(10-8-25)33-31-32(41-42(33)2)34(45)44(23-40-31)22-36(47)13-16-43(17-14-36)20-28-12-11-27(18-29(28)37)30-19-38-24-49-30/h7-12,18-19,23-24,47H,3-6,13-17,20-22H2,1-2H3,(H,39,46). The minimum Gasteiger partial charge on any atom is -0.445 e. The van der Waals surface area contributed by atoms with Gasteiger partial charge in [-0.3, -0.25) is 18.9 Å². The second kappa shape index (κ2) is 15.4. The maximum absolute atomic E-state index is 13.6. The number of fused-ring (bicyclic) bond motifs is 1. The largest absolute Gasteiger partial charge is 0.445 e. The van der Waals surface area contributed by atoms with E-state index < -0.39 is 11.7 Å². The minimum atomic E-state index is -1.06. The summed E-state index contributed by atoms with van der Waals surface area (Å²) in [5.74, 6) is 0.660. The highest BCUT2D eigenvalue weighted by Crippen LogP contribution is 2.30. The number of unbranched alkanes of at least 4 members (excludes halogenated alkanes) is 3. The molecule has 0 spiro atoms. The summed E-state index contributed by atoms with van der Waals surface area (Å²) in [5, 5.41) is 19.5. The van der Waals surface area contributed by atoms with E-state index in [1.807, 2.05) is 42.5 Å². The molecule has 1 aliphatic heterocycles. The van der Waals surface area contributed by atoms with Crippen molar-refractivity contribution >= 4 is 28.7 Å². The van der Waals surface area contributed by atoms with Crippen molar-refractivity contribution in [3.63, 3.8) is 0 Å². The van der Waals surface area contributed by atoms with E-state index in [4.69, 9.17) is 20.8 Å². The number of hydrogen-bond donors (Lipinski definition) is 2. The summed E-state index contributed by atoms with van der Waals surface area (Å²) in [4.78, 5) is 36.4. The van der Waals surface area contributed by atoms with Gasteiger partial charge in [-0.05, 0) is 36.5 Å².